The predicted molar refractivity (Wildman–Crippen MR) is 69.7 cm³/mol. The van der Waals surface area contributed by atoms with Crippen LogP contribution in [-0.4, -0.2) is 15.7 Å². The summed E-state index contributed by atoms with van der Waals surface area (Å²) in [6, 6.07) is 4.23. The number of carbonyl (C=O) groups excluding carboxylic acids is 1. The molecule has 0 saturated heterocycles. The number of nitrogens with zero attached hydrogens (tertiary/aromatic N) is 2. The van der Waals surface area contributed by atoms with Crippen LogP contribution in [0.4, 0.5) is 15.9 Å². The smallest absolute Gasteiger partial charge is 0.258 e. The molecule has 7 heteroatoms. The van der Waals surface area contributed by atoms with Gasteiger partial charge in [-0.2, -0.15) is 5.10 Å². The quantitative estimate of drug-likeness (QED) is 0.892. The summed E-state index contributed by atoms with van der Waals surface area (Å²) in [6.07, 6.45) is 1.43. The van der Waals surface area contributed by atoms with Crippen LogP contribution in [0, 0.1) is 5.82 Å². The molecule has 1 heterocycles. The van der Waals surface area contributed by atoms with Crippen molar-refractivity contribution in [1.29, 1.82) is 0 Å². The molecule has 0 spiro atoms. The molecule has 0 aliphatic carbocycles. The molecule has 18 heavy (non-hydrogen) atoms. The molecule has 0 fully saturated rings. The largest absolute Gasteiger partial charge is 0.394 e. The average molecular weight is 313 g/mol. The highest BCUT2D eigenvalue weighted by molar-refractivity contribution is 9.10. The Morgan fingerprint density at radius 2 is 2.28 bits per heavy atom. The van der Waals surface area contributed by atoms with Crippen molar-refractivity contribution in [2.24, 2.45) is 7.05 Å². The van der Waals surface area contributed by atoms with Gasteiger partial charge in [-0.25, -0.2) is 4.39 Å². The average Bonchev–Trinajstić information content (AvgIpc) is 2.64. The van der Waals surface area contributed by atoms with Crippen LogP contribution in [0.5, 0.6) is 0 Å². The Bertz CT molecular complexity index is 592. The maximum Gasteiger partial charge on any atom is 0.258 e. The monoisotopic (exact) mass is 312 g/mol. The lowest BCUT2D eigenvalue weighted by atomic mass is 10.2. The third kappa shape index (κ3) is 2.21. The summed E-state index contributed by atoms with van der Waals surface area (Å²) >= 11 is 3.03. The van der Waals surface area contributed by atoms with E-state index in [0.717, 1.165) is 0 Å². The molecule has 0 bridgehead atoms. The molecule has 0 saturated carbocycles. The lowest BCUT2D eigenvalue weighted by Crippen LogP contribution is -2.16. The van der Waals surface area contributed by atoms with Gasteiger partial charge in [0.25, 0.3) is 5.91 Å². The second-order valence-corrected chi connectivity index (χ2v) is 4.42. The molecule has 2 aromatic rings. The van der Waals surface area contributed by atoms with E-state index < -0.39 is 11.7 Å². The van der Waals surface area contributed by atoms with Gasteiger partial charge in [-0.3, -0.25) is 9.48 Å². The van der Waals surface area contributed by atoms with Crippen LogP contribution in [0.2, 0.25) is 0 Å². The Labute approximate surface area is 111 Å². The van der Waals surface area contributed by atoms with Gasteiger partial charge in [-0.1, -0.05) is 6.07 Å². The van der Waals surface area contributed by atoms with E-state index in [2.05, 4.69) is 26.3 Å². The molecule has 0 aliphatic rings. The van der Waals surface area contributed by atoms with Gasteiger partial charge in [0.15, 0.2) is 5.82 Å². The number of halogens is 2. The number of benzene rings is 1. The molecule has 0 radical (unpaired) electrons. The number of carbonyl (C=O) groups is 1. The van der Waals surface area contributed by atoms with Gasteiger partial charge >= 0.3 is 0 Å². The third-order valence-electron chi connectivity index (χ3n) is 2.40. The van der Waals surface area contributed by atoms with E-state index in [1.807, 2.05) is 0 Å². The first-order valence-electron chi connectivity index (χ1n) is 5.03. The van der Waals surface area contributed by atoms with Crippen LogP contribution in [0.15, 0.2) is 28.9 Å². The van der Waals surface area contributed by atoms with Crippen molar-refractivity contribution in [2.45, 2.75) is 0 Å². The highest BCUT2D eigenvalue weighted by atomic mass is 79.9. The van der Waals surface area contributed by atoms with Crippen molar-refractivity contribution in [3.63, 3.8) is 0 Å². The van der Waals surface area contributed by atoms with Crippen molar-refractivity contribution in [3.8, 4) is 0 Å². The van der Waals surface area contributed by atoms with E-state index in [1.54, 1.807) is 7.05 Å². The zero-order valence-corrected chi connectivity index (χ0v) is 11.0. The van der Waals surface area contributed by atoms with Gasteiger partial charge in [0.05, 0.1) is 21.9 Å². The number of nitrogen functional groups attached to an aromatic ring is 1. The molecule has 1 amide bonds. The molecule has 1 aromatic carbocycles. The first-order valence-corrected chi connectivity index (χ1v) is 5.83. The summed E-state index contributed by atoms with van der Waals surface area (Å²) in [5, 5.41) is 6.48. The lowest BCUT2D eigenvalue weighted by Gasteiger charge is -2.08. The molecule has 5 nitrogen and oxygen atoms in total. The van der Waals surface area contributed by atoms with E-state index in [4.69, 9.17) is 5.73 Å². The second-order valence-electron chi connectivity index (χ2n) is 3.63. The van der Waals surface area contributed by atoms with Crippen LogP contribution >= 0.6 is 15.9 Å². The van der Waals surface area contributed by atoms with E-state index in [-0.39, 0.29) is 10.0 Å². The number of nitrogens with one attached hydrogen (secondary N) is 1. The minimum atomic E-state index is -0.499. The topological polar surface area (TPSA) is 72.9 Å². The minimum Gasteiger partial charge on any atom is -0.394 e. The fourth-order valence-corrected chi connectivity index (χ4v) is 1.91. The summed E-state index contributed by atoms with van der Waals surface area (Å²) in [5.41, 5.74) is 6.19. The highest BCUT2D eigenvalue weighted by Gasteiger charge is 2.15. The van der Waals surface area contributed by atoms with E-state index in [9.17, 15) is 9.18 Å². The van der Waals surface area contributed by atoms with Crippen LogP contribution in [0.1, 0.15) is 10.4 Å². The summed E-state index contributed by atoms with van der Waals surface area (Å²) in [6.45, 7) is 0. The van der Waals surface area contributed by atoms with E-state index in [1.165, 1.54) is 29.1 Å². The maximum atomic E-state index is 13.3. The van der Waals surface area contributed by atoms with Crippen molar-refractivity contribution in [1.82, 2.24) is 9.78 Å². The number of nitrogens with two attached hydrogens (primary N) is 1. The molecule has 0 aliphatic heterocycles. The lowest BCUT2D eigenvalue weighted by molar-refractivity contribution is 0.102. The van der Waals surface area contributed by atoms with E-state index in [0.29, 0.717) is 11.5 Å². The van der Waals surface area contributed by atoms with Crippen molar-refractivity contribution >= 4 is 33.3 Å². The molecule has 2 rings (SSSR count). The number of anilines is 2. The summed E-state index contributed by atoms with van der Waals surface area (Å²) in [4.78, 5) is 12.0. The van der Waals surface area contributed by atoms with Crippen molar-refractivity contribution in [2.75, 3.05) is 11.1 Å². The molecular weight excluding hydrogens is 303 g/mol. The number of aryl methyl sites for hydroxylation is 1. The first kappa shape index (κ1) is 12.6. The van der Waals surface area contributed by atoms with Gasteiger partial charge in [-0.15, -0.1) is 0 Å². The van der Waals surface area contributed by atoms with Crippen molar-refractivity contribution < 1.29 is 9.18 Å². The Balaban J connectivity index is 2.31. The van der Waals surface area contributed by atoms with Gasteiger partial charge in [0, 0.05) is 7.05 Å². The van der Waals surface area contributed by atoms with Crippen LogP contribution in [0.3, 0.4) is 0 Å². The number of amides is 1. The van der Waals surface area contributed by atoms with Gasteiger partial charge in [-0.05, 0) is 28.1 Å². The highest BCUT2D eigenvalue weighted by Crippen LogP contribution is 2.23. The summed E-state index contributed by atoms with van der Waals surface area (Å²) in [7, 11) is 1.65. The second kappa shape index (κ2) is 4.77. The Morgan fingerprint density at radius 1 is 1.56 bits per heavy atom. The number of rotatable bonds is 2. The van der Waals surface area contributed by atoms with Gasteiger partial charge in [0.2, 0.25) is 0 Å². The summed E-state index contributed by atoms with van der Waals surface area (Å²) in [5.74, 6) is -0.589. The number of aromatic nitrogens is 2. The Kier molecular flexibility index (Phi) is 3.33. The fraction of sp³-hybridized carbons (Fsp3) is 0.0909. The zero-order valence-electron chi connectivity index (χ0n) is 9.45. The molecule has 94 valence electrons. The number of hydrogen-bond acceptors (Lipinski definition) is 3. The van der Waals surface area contributed by atoms with Gasteiger partial charge in [0.1, 0.15) is 5.82 Å². The maximum absolute atomic E-state index is 13.3. The fourth-order valence-electron chi connectivity index (χ4n) is 1.46. The molecule has 3 N–H and O–H groups in total. The van der Waals surface area contributed by atoms with E-state index >= 15 is 0 Å². The molecule has 0 unspecified atom stereocenters. The zero-order chi connectivity index (χ0) is 13.3. The SMILES string of the molecule is Cn1ncc(N)c1NC(=O)c1cccc(F)c1Br. The van der Waals surface area contributed by atoms with Crippen LogP contribution in [-0.2, 0) is 7.05 Å². The minimum absolute atomic E-state index is 0.114. The predicted octanol–water partition coefficient (Wildman–Crippen LogP) is 2.16. The Morgan fingerprint density at radius 3 is 2.89 bits per heavy atom. The molecule has 1 aromatic heterocycles. The Hall–Kier alpha value is -1.89. The molecule has 0 atom stereocenters. The first-order chi connectivity index (χ1) is 8.50. The normalized spacial score (nSPS) is 10.4. The van der Waals surface area contributed by atoms with Crippen LogP contribution in [0.25, 0.3) is 0 Å². The third-order valence-corrected chi connectivity index (χ3v) is 3.20. The summed E-state index contributed by atoms with van der Waals surface area (Å²) < 4.78 is 14.9. The van der Waals surface area contributed by atoms with Gasteiger partial charge < -0.3 is 11.1 Å². The number of hydrogen-bond donors (Lipinski definition) is 2. The standard InChI is InChI=1S/C11H10BrFN4O/c1-17-10(8(14)5-15-17)16-11(18)6-3-2-4-7(13)9(6)12/h2-5H,14H2,1H3,(H,16,18). The van der Waals surface area contributed by atoms with Crippen LogP contribution < -0.4 is 11.1 Å². The van der Waals surface area contributed by atoms with Crippen molar-refractivity contribution in [3.05, 3.63) is 40.2 Å². The molecular formula is C11H10BrFN4O.